The van der Waals surface area contributed by atoms with Crippen molar-refractivity contribution in [2.75, 3.05) is 38.6 Å². The number of nitriles is 1. The molecular formula is C31H27ClF5N7O3S. The van der Waals surface area contributed by atoms with E-state index in [1.54, 1.807) is 0 Å². The summed E-state index contributed by atoms with van der Waals surface area (Å²) in [5.41, 5.74) is 5.02. The molecule has 2 aromatic carbocycles. The van der Waals surface area contributed by atoms with E-state index in [0.29, 0.717) is 13.0 Å². The number of oxime groups is 1. The highest BCUT2D eigenvalue weighted by Crippen LogP contribution is 2.45. The van der Waals surface area contributed by atoms with E-state index >= 15 is 4.39 Å². The number of nitrogens with zero attached hydrogens (tertiary/aromatic N) is 6. The second kappa shape index (κ2) is 12.0. The highest BCUT2D eigenvalue weighted by molar-refractivity contribution is 7.23. The Bertz CT molecular complexity index is 2090. The number of hydrogen-bond donors (Lipinski definition) is 2. The lowest BCUT2D eigenvalue weighted by Gasteiger charge is -2.33. The van der Waals surface area contributed by atoms with E-state index < -0.39 is 42.1 Å². The first-order valence-electron chi connectivity index (χ1n) is 14.9. The molecule has 3 aromatic rings. The molecule has 0 saturated carbocycles. The van der Waals surface area contributed by atoms with Crippen molar-refractivity contribution in [1.82, 2.24) is 14.7 Å². The quantitative estimate of drug-likeness (QED) is 0.120. The number of anilines is 1. The Labute approximate surface area is 279 Å². The molecule has 0 amide bonds. The van der Waals surface area contributed by atoms with Gasteiger partial charge in [0.25, 0.3) is 6.43 Å². The summed E-state index contributed by atoms with van der Waals surface area (Å²) in [7, 11) is 0. The third-order valence-corrected chi connectivity index (χ3v) is 10.6. The number of nitrogen functional groups attached to an aromatic ring is 1. The zero-order chi connectivity index (χ0) is 34.1. The van der Waals surface area contributed by atoms with Crippen LogP contribution in [0.15, 0.2) is 34.4 Å². The predicted octanol–water partition coefficient (Wildman–Crippen LogP) is 5.07. The molecular weight excluding hydrogens is 681 g/mol. The fraction of sp³-hybridized carbons (Fsp3) is 0.387. The van der Waals surface area contributed by atoms with E-state index in [1.807, 2.05) is 11.0 Å². The van der Waals surface area contributed by atoms with E-state index in [1.165, 1.54) is 17.9 Å². The first-order valence-corrected chi connectivity index (χ1v) is 16.1. The van der Waals surface area contributed by atoms with Crippen molar-refractivity contribution >= 4 is 49.7 Å². The van der Waals surface area contributed by atoms with Gasteiger partial charge in [-0.1, -0.05) is 22.8 Å². The normalized spacial score (nSPS) is 22.3. The Morgan fingerprint density at radius 2 is 2.17 bits per heavy atom. The fourth-order valence-corrected chi connectivity index (χ4v) is 8.42. The van der Waals surface area contributed by atoms with E-state index in [0.717, 1.165) is 34.9 Å². The minimum absolute atomic E-state index is 0.00167. The summed E-state index contributed by atoms with van der Waals surface area (Å²) in [5, 5.41) is 22.3. The highest BCUT2D eigenvalue weighted by Gasteiger charge is 2.49. The SMILES string of the molecule is CC(=NO)N1CN=c2c(Cl)c(-c3ccc(F)c4sc(N)c(C#N)c34)c(F)c3c2=C1N(CC(F)F)C=C(OC[C@@]12CCCN1C[C@H](F)C2)O3. The van der Waals surface area contributed by atoms with Gasteiger partial charge in [0.05, 0.1) is 44.1 Å². The first-order chi connectivity index (χ1) is 23.0. The van der Waals surface area contributed by atoms with Gasteiger partial charge >= 0.3 is 5.95 Å². The number of thiophene rings is 1. The third-order valence-electron chi connectivity index (χ3n) is 9.21. The third kappa shape index (κ3) is 4.98. The van der Waals surface area contributed by atoms with Gasteiger partial charge in [-0.05, 0) is 37.9 Å². The summed E-state index contributed by atoms with van der Waals surface area (Å²) in [6.07, 6.45) is -1.17. The second-order valence-electron chi connectivity index (χ2n) is 12.0. The van der Waals surface area contributed by atoms with Crippen LogP contribution in [0.2, 0.25) is 5.02 Å². The van der Waals surface area contributed by atoms with Gasteiger partial charge in [-0.2, -0.15) is 5.26 Å². The van der Waals surface area contributed by atoms with Gasteiger partial charge < -0.3 is 25.3 Å². The summed E-state index contributed by atoms with van der Waals surface area (Å²) in [4.78, 5) is 8.84. The zero-order valence-electron chi connectivity index (χ0n) is 25.2. The molecule has 0 bridgehead atoms. The fourth-order valence-electron chi connectivity index (χ4n) is 7.13. The van der Waals surface area contributed by atoms with Gasteiger partial charge in [-0.25, -0.2) is 22.0 Å². The van der Waals surface area contributed by atoms with Gasteiger partial charge in [0.15, 0.2) is 11.6 Å². The molecule has 2 fully saturated rings. The number of ether oxygens (including phenoxy) is 2. The molecule has 0 aliphatic carbocycles. The van der Waals surface area contributed by atoms with Crippen LogP contribution < -0.4 is 21.0 Å². The van der Waals surface area contributed by atoms with E-state index in [4.69, 9.17) is 26.8 Å². The number of nitrogens with two attached hydrogens (primary N) is 1. The average molecular weight is 708 g/mol. The summed E-state index contributed by atoms with van der Waals surface area (Å²) < 4.78 is 87.1. The van der Waals surface area contributed by atoms with Crippen molar-refractivity contribution in [3.8, 4) is 22.9 Å². The lowest BCUT2D eigenvalue weighted by Crippen LogP contribution is -2.48. The molecule has 3 N–H and O–H groups in total. The Balaban J connectivity index is 1.47. The van der Waals surface area contributed by atoms with Crippen molar-refractivity contribution in [3.05, 3.63) is 57.1 Å². The average Bonchev–Trinajstić information content (AvgIpc) is 3.66. The van der Waals surface area contributed by atoms with E-state index in [2.05, 4.69) is 10.1 Å². The van der Waals surface area contributed by atoms with Crippen LogP contribution >= 0.6 is 22.9 Å². The largest absolute Gasteiger partial charge is 0.462 e. The first kappa shape index (κ1) is 32.2. The standard InChI is InChI=1S/C31H27ClF5N7O3S/c1-14(41-45)44-13-40-26-23-27(25(37)22(24(26)32)16-3-4-18(34)28-21(16)17(8-38)29(39)48-28)47-20(11-42(30(23)44)10-19(35)36)46-12-31-5-2-6-43(31)9-15(33)7-31/h3-4,11,15,19,45H,2,5-7,9-10,12-13,39H2,1H3/t15-,31+/m1/s1. The van der Waals surface area contributed by atoms with Gasteiger partial charge in [-0.3, -0.25) is 14.8 Å². The molecule has 0 spiro atoms. The number of fused-ring (bicyclic) bond motifs is 2. The monoisotopic (exact) mass is 707 g/mol. The van der Waals surface area contributed by atoms with Gasteiger partial charge in [0.2, 0.25) is 0 Å². The molecule has 17 heteroatoms. The van der Waals surface area contributed by atoms with Crippen molar-refractivity contribution < 1.29 is 36.6 Å². The molecule has 7 rings (SSSR count). The van der Waals surface area contributed by atoms with Crippen molar-refractivity contribution in [2.24, 2.45) is 10.1 Å². The molecule has 4 aliphatic heterocycles. The molecule has 0 unspecified atom stereocenters. The predicted molar refractivity (Wildman–Crippen MR) is 168 cm³/mol. The minimum atomic E-state index is -2.90. The van der Waals surface area contributed by atoms with Crippen LogP contribution in [0.5, 0.6) is 5.75 Å². The molecule has 4 aliphatic rings. The van der Waals surface area contributed by atoms with Crippen LogP contribution in [-0.4, -0.2) is 76.8 Å². The lowest BCUT2D eigenvalue weighted by molar-refractivity contribution is 0.0246. The summed E-state index contributed by atoms with van der Waals surface area (Å²) >= 11 is 7.71. The minimum Gasteiger partial charge on any atom is -0.462 e. The Morgan fingerprint density at radius 3 is 2.90 bits per heavy atom. The maximum Gasteiger partial charge on any atom is 0.302 e. The molecule has 2 saturated heterocycles. The van der Waals surface area contributed by atoms with Gasteiger partial charge in [-0.15, -0.1) is 11.3 Å². The van der Waals surface area contributed by atoms with Crippen LogP contribution in [0.3, 0.4) is 0 Å². The van der Waals surface area contributed by atoms with E-state index in [-0.39, 0.29) is 91.2 Å². The van der Waals surface area contributed by atoms with Gasteiger partial charge in [0, 0.05) is 23.9 Å². The molecule has 48 heavy (non-hydrogen) atoms. The topological polar surface area (TPSA) is 123 Å². The van der Waals surface area contributed by atoms with E-state index in [9.17, 15) is 28.0 Å². The number of alkyl halides is 3. The van der Waals surface area contributed by atoms with Crippen LogP contribution in [0.1, 0.15) is 31.7 Å². The summed E-state index contributed by atoms with van der Waals surface area (Å²) in [5.74, 6) is -2.80. The van der Waals surface area contributed by atoms with Crippen molar-refractivity contribution in [3.63, 3.8) is 0 Å². The molecule has 10 nitrogen and oxygen atoms in total. The Kier molecular flexibility index (Phi) is 8.04. The van der Waals surface area contributed by atoms with Crippen molar-refractivity contribution in [2.45, 2.75) is 44.3 Å². The zero-order valence-corrected chi connectivity index (χ0v) is 26.8. The number of halogens is 6. The Hall–Kier alpha value is -4.33. The van der Waals surface area contributed by atoms with Crippen LogP contribution in [0.25, 0.3) is 27.0 Å². The highest BCUT2D eigenvalue weighted by atomic mass is 35.5. The number of hydrogen-bond acceptors (Lipinski definition) is 10. The lowest BCUT2D eigenvalue weighted by atomic mass is 9.95. The van der Waals surface area contributed by atoms with Gasteiger partial charge in [0.1, 0.15) is 48.0 Å². The molecule has 1 aromatic heterocycles. The summed E-state index contributed by atoms with van der Waals surface area (Å²) in [6.45, 7) is 1.04. The smallest absolute Gasteiger partial charge is 0.302 e. The molecule has 252 valence electrons. The second-order valence-corrected chi connectivity index (χ2v) is 13.4. The number of amidine groups is 1. The van der Waals surface area contributed by atoms with Crippen LogP contribution in [0, 0.1) is 23.0 Å². The number of rotatable bonds is 6. The molecule has 0 radical (unpaired) electrons. The summed E-state index contributed by atoms with van der Waals surface area (Å²) in [6, 6.07) is 4.29. The molecule has 2 atom stereocenters. The Morgan fingerprint density at radius 1 is 1.38 bits per heavy atom. The van der Waals surface area contributed by atoms with Crippen molar-refractivity contribution in [1.29, 1.82) is 5.26 Å². The maximum atomic E-state index is 17.2. The van der Waals surface area contributed by atoms with Crippen LogP contribution in [0.4, 0.5) is 27.0 Å². The molecule has 5 heterocycles. The number of benzene rings is 2. The maximum absolute atomic E-state index is 17.2. The van der Waals surface area contributed by atoms with Crippen LogP contribution in [-0.2, 0) is 4.74 Å².